The molecule has 0 radical (unpaired) electrons. The van der Waals surface area contributed by atoms with Crippen molar-refractivity contribution < 1.29 is 9.59 Å². The van der Waals surface area contributed by atoms with Crippen molar-refractivity contribution in [2.24, 2.45) is 0 Å². The number of rotatable bonds is 6. The van der Waals surface area contributed by atoms with Gasteiger partial charge in [0.25, 0.3) is 5.91 Å². The molecule has 0 aliphatic rings. The molecule has 1 aromatic heterocycles. The summed E-state index contributed by atoms with van der Waals surface area (Å²) in [6, 6.07) is 0.156. The molecule has 1 rings (SSSR count). The molecule has 100 valence electrons. The summed E-state index contributed by atoms with van der Waals surface area (Å²) in [6.07, 6.45) is 1.13. The number of nitrogens with zero attached hydrogens (tertiary/aromatic N) is 2. The number of hydrogen-bond donors (Lipinski definition) is 3. The van der Waals surface area contributed by atoms with E-state index >= 15 is 0 Å². The Morgan fingerprint density at radius 3 is 2.72 bits per heavy atom. The van der Waals surface area contributed by atoms with Gasteiger partial charge in [0.1, 0.15) is 5.82 Å². The molecule has 0 aromatic carbocycles. The number of amides is 2. The molecule has 0 saturated carbocycles. The van der Waals surface area contributed by atoms with E-state index in [4.69, 9.17) is 0 Å². The zero-order chi connectivity index (χ0) is 13.5. The summed E-state index contributed by atoms with van der Waals surface area (Å²) in [5.41, 5.74) is 0. The van der Waals surface area contributed by atoms with Gasteiger partial charge in [-0.05, 0) is 20.3 Å². The average molecular weight is 253 g/mol. The number of carbonyl (C=O) groups excluding carboxylic acids is 2. The lowest BCUT2D eigenvalue weighted by atomic mass is 10.2. The molecule has 7 heteroatoms. The zero-order valence-corrected chi connectivity index (χ0v) is 10.9. The Bertz CT molecular complexity index is 415. The van der Waals surface area contributed by atoms with Crippen LogP contribution in [0.2, 0.25) is 0 Å². The maximum Gasteiger partial charge on any atom is 0.290 e. The Hall–Kier alpha value is -1.92. The molecule has 18 heavy (non-hydrogen) atoms. The molecule has 0 aliphatic heterocycles. The van der Waals surface area contributed by atoms with Crippen molar-refractivity contribution in [3.8, 4) is 0 Å². The minimum atomic E-state index is -0.379. The van der Waals surface area contributed by atoms with E-state index in [0.717, 1.165) is 6.42 Å². The lowest BCUT2D eigenvalue weighted by Crippen LogP contribution is -2.35. The van der Waals surface area contributed by atoms with Gasteiger partial charge < -0.3 is 10.6 Å². The van der Waals surface area contributed by atoms with Crippen LogP contribution in [-0.2, 0) is 4.79 Å². The second-order valence-corrected chi connectivity index (χ2v) is 4.13. The number of H-pyrrole nitrogens is 1. The molecule has 0 aliphatic carbocycles. The minimum Gasteiger partial charge on any atom is -0.354 e. The van der Waals surface area contributed by atoms with Crippen molar-refractivity contribution in [1.29, 1.82) is 0 Å². The molecular formula is C11H19N5O2. The smallest absolute Gasteiger partial charge is 0.290 e. The van der Waals surface area contributed by atoms with Gasteiger partial charge in [-0.2, -0.15) is 0 Å². The van der Waals surface area contributed by atoms with E-state index in [1.165, 1.54) is 0 Å². The van der Waals surface area contributed by atoms with Crippen LogP contribution in [0.15, 0.2) is 0 Å². The SMILES string of the molecule is CCC(C)NC(=O)CCNC(=O)c1n[nH]c(C)n1. The van der Waals surface area contributed by atoms with Crippen molar-refractivity contribution >= 4 is 11.8 Å². The zero-order valence-electron chi connectivity index (χ0n) is 10.9. The number of nitrogens with one attached hydrogen (secondary N) is 3. The highest BCUT2D eigenvalue weighted by molar-refractivity contribution is 5.90. The third kappa shape index (κ3) is 4.52. The molecule has 0 spiro atoms. The molecule has 1 heterocycles. The van der Waals surface area contributed by atoms with E-state index in [1.807, 2.05) is 13.8 Å². The maximum absolute atomic E-state index is 11.5. The van der Waals surface area contributed by atoms with Gasteiger partial charge in [0.2, 0.25) is 11.7 Å². The molecule has 1 aromatic rings. The first kappa shape index (κ1) is 14.1. The summed E-state index contributed by atoms with van der Waals surface area (Å²) >= 11 is 0. The second kappa shape index (κ2) is 6.73. The van der Waals surface area contributed by atoms with Crippen LogP contribution in [0.3, 0.4) is 0 Å². The van der Waals surface area contributed by atoms with Gasteiger partial charge in [0.05, 0.1) is 0 Å². The number of aromatic nitrogens is 3. The highest BCUT2D eigenvalue weighted by Gasteiger charge is 2.11. The van der Waals surface area contributed by atoms with E-state index in [-0.39, 0.29) is 36.6 Å². The van der Waals surface area contributed by atoms with Crippen LogP contribution in [0.25, 0.3) is 0 Å². The lowest BCUT2D eigenvalue weighted by molar-refractivity contribution is -0.121. The van der Waals surface area contributed by atoms with Crippen LogP contribution in [0.1, 0.15) is 43.1 Å². The van der Waals surface area contributed by atoms with Gasteiger partial charge in [0.15, 0.2) is 0 Å². The molecule has 0 saturated heterocycles. The van der Waals surface area contributed by atoms with Gasteiger partial charge in [-0.1, -0.05) is 6.92 Å². The Balaban J connectivity index is 2.25. The van der Waals surface area contributed by atoms with E-state index < -0.39 is 0 Å². The van der Waals surface area contributed by atoms with Gasteiger partial charge in [-0.3, -0.25) is 14.7 Å². The predicted molar refractivity (Wildman–Crippen MR) is 66.0 cm³/mol. The van der Waals surface area contributed by atoms with E-state index in [9.17, 15) is 9.59 Å². The van der Waals surface area contributed by atoms with Crippen LogP contribution < -0.4 is 10.6 Å². The quantitative estimate of drug-likeness (QED) is 0.671. The maximum atomic E-state index is 11.5. The molecule has 1 unspecified atom stereocenters. The molecule has 2 amide bonds. The number of carbonyl (C=O) groups is 2. The summed E-state index contributed by atoms with van der Waals surface area (Å²) in [5.74, 6) is 0.219. The van der Waals surface area contributed by atoms with Gasteiger partial charge in [-0.15, -0.1) is 5.10 Å². The fraction of sp³-hybridized carbons (Fsp3) is 0.636. The Labute approximate surface area is 106 Å². The van der Waals surface area contributed by atoms with Crippen LogP contribution in [-0.4, -0.2) is 39.6 Å². The largest absolute Gasteiger partial charge is 0.354 e. The van der Waals surface area contributed by atoms with Crippen molar-refractivity contribution in [1.82, 2.24) is 25.8 Å². The third-order valence-corrected chi connectivity index (χ3v) is 2.46. The molecule has 0 bridgehead atoms. The summed E-state index contributed by atoms with van der Waals surface area (Å²) in [6.45, 7) is 5.92. The molecule has 0 fully saturated rings. The highest BCUT2D eigenvalue weighted by Crippen LogP contribution is 1.92. The van der Waals surface area contributed by atoms with E-state index in [0.29, 0.717) is 5.82 Å². The second-order valence-electron chi connectivity index (χ2n) is 4.13. The number of aryl methyl sites for hydroxylation is 1. The van der Waals surface area contributed by atoms with Gasteiger partial charge in [0, 0.05) is 19.0 Å². The first-order valence-electron chi connectivity index (χ1n) is 5.99. The topological polar surface area (TPSA) is 99.8 Å². The Morgan fingerprint density at radius 2 is 2.17 bits per heavy atom. The molecular weight excluding hydrogens is 234 g/mol. The Morgan fingerprint density at radius 1 is 1.44 bits per heavy atom. The summed E-state index contributed by atoms with van der Waals surface area (Å²) in [7, 11) is 0. The van der Waals surface area contributed by atoms with Crippen molar-refractivity contribution in [2.45, 2.75) is 39.7 Å². The van der Waals surface area contributed by atoms with Crippen LogP contribution in [0, 0.1) is 6.92 Å². The normalized spacial score (nSPS) is 11.9. The van der Waals surface area contributed by atoms with Crippen LogP contribution >= 0.6 is 0 Å². The standard InChI is InChI=1S/C11H19N5O2/c1-4-7(2)13-9(17)5-6-12-11(18)10-14-8(3)15-16-10/h7H,4-6H2,1-3H3,(H,12,18)(H,13,17)(H,14,15,16). The summed E-state index contributed by atoms with van der Waals surface area (Å²) in [4.78, 5) is 26.9. The van der Waals surface area contributed by atoms with Gasteiger partial charge in [-0.25, -0.2) is 4.98 Å². The highest BCUT2D eigenvalue weighted by atomic mass is 16.2. The number of aromatic amines is 1. The monoisotopic (exact) mass is 253 g/mol. The average Bonchev–Trinajstić information content (AvgIpc) is 2.75. The van der Waals surface area contributed by atoms with Gasteiger partial charge >= 0.3 is 0 Å². The van der Waals surface area contributed by atoms with Crippen LogP contribution in [0.4, 0.5) is 0 Å². The van der Waals surface area contributed by atoms with E-state index in [1.54, 1.807) is 6.92 Å². The van der Waals surface area contributed by atoms with Crippen molar-refractivity contribution in [2.75, 3.05) is 6.54 Å². The van der Waals surface area contributed by atoms with Crippen LogP contribution in [0.5, 0.6) is 0 Å². The molecule has 1 atom stereocenters. The van der Waals surface area contributed by atoms with E-state index in [2.05, 4.69) is 25.8 Å². The lowest BCUT2D eigenvalue weighted by Gasteiger charge is -2.11. The summed E-state index contributed by atoms with van der Waals surface area (Å²) in [5, 5.41) is 11.7. The fourth-order valence-corrected chi connectivity index (χ4v) is 1.26. The Kier molecular flexibility index (Phi) is 5.29. The van der Waals surface area contributed by atoms with Crippen molar-refractivity contribution in [3.05, 3.63) is 11.6 Å². The molecule has 7 nitrogen and oxygen atoms in total. The third-order valence-electron chi connectivity index (χ3n) is 2.46. The fourth-order valence-electron chi connectivity index (χ4n) is 1.26. The number of hydrogen-bond acceptors (Lipinski definition) is 4. The minimum absolute atomic E-state index is 0.0733. The molecule has 3 N–H and O–H groups in total. The first-order chi connectivity index (χ1) is 8.52. The predicted octanol–water partition coefficient (Wildman–Crippen LogP) is 0.148. The summed E-state index contributed by atoms with van der Waals surface area (Å²) < 4.78 is 0. The van der Waals surface area contributed by atoms with Crippen molar-refractivity contribution in [3.63, 3.8) is 0 Å². The first-order valence-corrected chi connectivity index (χ1v) is 5.99.